The highest BCUT2D eigenvalue weighted by atomic mass is 32.1. The molecule has 0 radical (unpaired) electrons. The Morgan fingerprint density at radius 2 is 2.05 bits per heavy atom. The molecule has 4 heteroatoms. The Bertz CT molecular complexity index is 489. The smallest absolute Gasteiger partial charge is 0.129 e. The molecule has 0 saturated heterocycles. The van der Waals surface area contributed by atoms with Gasteiger partial charge in [0, 0.05) is 23.2 Å². The number of hydrogen-bond donors (Lipinski definition) is 1. The highest BCUT2D eigenvalue weighted by Crippen LogP contribution is 2.21. The number of thiophene rings is 1. The number of nitrogens with two attached hydrogens (primary N) is 1. The average Bonchev–Trinajstić information content (AvgIpc) is 2.88. The van der Waals surface area contributed by atoms with E-state index in [1.54, 1.807) is 11.3 Å². The Labute approximate surface area is 119 Å². The molecular formula is C15H21N3S. The fraction of sp³-hybridized carbons (Fsp3) is 0.400. The molecule has 2 aromatic heterocycles. The van der Waals surface area contributed by atoms with Crippen LogP contribution in [0.3, 0.4) is 0 Å². The molecule has 0 aromatic carbocycles. The van der Waals surface area contributed by atoms with Crippen molar-refractivity contribution in [1.82, 2.24) is 4.98 Å². The summed E-state index contributed by atoms with van der Waals surface area (Å²) in [5.41, 5.74) is 6.93. The molecule has 102 valence electrons. The van der Waals surface area contributed by atoms with Crippen LogP contribution in [0.2, 0.25) is 0 Å². The third-order valence-corrected chi connectivity index (χ3v) is 3.98. The maximum Gasteiger partial charge on any atom is 0.129 e. The lowest BCUT2D eigenvalue weighted by Gasteiger charge is -2.27. The molecule has 1 atom stereocenters. The van der Waals surface area contributed by atoms with Gasteiger partial charge < -0.3 is 10.6 Å². The zero-order chi connectivity index (χ0) is 13.8. The minimum atomic E-state index is 0.0337. The molecule has 2 heterocycles. The number of aromatic nitrogens is 1. The van der Waals surface area contributed by atoms with E-state index in [4.69, 9.17) is 5.73 Å². The van der Waals surface area contributed by atoms with Crippen LogP contribution in [0.4, 0.5) is 5.82 Å². The summed E-state index contributed by atoms with van der Waals surface area (Å²) in [6.07, 6.45) is 1.88. The summed E-state index contributed by atoms with van der Waals surface area (Å²) in [4.78, 5) is 8.21. The highest BCUT2D eigenvalue weighted by Gasteiger charge is 2.13. The molecule has 0 bridgehead atoms. The van der Waals surface area contributed by atoms with Crippen LogP contribution in [0.5, 0.6) is 0 Å². The van der Waals surface area contributed by atoms with E-state index in [2.05, 4.69) is 53.4 Å². The van der Waals surface area contributed by atoms with Crippen LogP contribution in [0.1, 0.15) is 37.3 Å². The Hall–Kier alpha value is -1.39. The molecule has 19 heavy (non-hydrogen) atoms. The molecule has 0 saturated carbocycles. The Kier molecular flexibility index (Phi) is 4.56. The van der Waals surface area contributed by atoms with Crippen molar-refractivity contribution in [2.24, 2.45) is 5.73 Å². The molecule has 0 aliphatic rings. The summed E-state index contributed by atoms with van der Waals surface area (Å²) in [7, 11) is 0. The first kappa shape index (κ1) is 14.0. The predicted molar refractivity (Wildman–Crippen MR) is 82.5 cm³/mol. The van der Waals surface area contributed by atoms with Gasteiger partial charge in [-0.05, 0) is 43.8 Å². The summed E-state index contributed by atoms with van der Waals surface area (Å²) in [6.45, 7) is 7.26. The largest absolute Gasteiger partial charge is 0.349 e. The first-order valence-electron chi connectivity index (χ1n) is 6.58. The van der Waals surface area contributed by atoms with E-state index in [9.17, 15) is 0 Å². The molecule has 0 aliphatic carbocycles. The lowest BCUT2D eigenvalue weighted by Crippen LogP contribution is -2.30. The zero-order valence-corrected chi connectivity index (χ0v) is 12.5. The summed E-state index contributed by atoms with van der Waals surface area (Å²) in [5, 5.41) is 2.11. The van der Waals surface area contributed by atoms with Crippen molar-refractivity contribution in [1.29, 1.82) is 0 Å². The monoisotopic (exact) mass is 275 g/mol. The van der Waals surface area contributed by atoms with Crippen molar-refractivity contribution in [2.75, 3.05) is 4.90 Å². The number of rotatable bonds is 5. The number of nitrogens with zero attached hydrogens (tertiary/aromatic N) is 2. The van der Waals surface area contributed by atoms with Crippen molar-refractivity contribution in [2.45, 2.75) is 39.4 Å². The summed E-state index contributed by atoms with van der Waals surface area (Å²) in [6, 6.07) is 8.83. The molecule has 1 unspecified atom stereocenters. The van der Waals surface area contributed by atoms with Crippen LogP contribution in [0.25, 0.3) is 0 Å². The van der Waals surface area contributed by atoms with Crippen molar-refractivity contribution in [3.8, 4) is 0 Å². The van der Waals surface area contributed by atoms with E-state index < -0.39 is 0 Å². The predicted octanol–water partition coefficient (Wildman–Crippen LogP) is 3.58. The lowest BCUT2D eigenvalue weighted by atomic mass is 10.1. The van der Waals surface area contributed by atoms with E-state index >= 15 is 0 Å². The third kappa shape index (κ3) is 3.55. The van der Waals surface area contributed by atoms with Gasteiger partial charge in [0.25, 0.3) is 0 Å². The van der Waals surface area contributed by atoms with E-state index in [1.165, 1.54) is 4.88 Å². The Balaban J connectivity index is 2.19. The van der Waals surface area contributed by atoms with E-state index in [0.29, 0.717) is 6.04 Å². The number of pyridine rings is 1. The van der Waals surface area contributed by atoms with Gasteiger partial charge in [0.2, 0.25) is 0 Å². The molecule has 3 nitrogen and oxygen atoms in total. The minimum Gasteiger partial charge on any atom is -0.349 e. The second-order valence-electron chi connectivity index (χ2n) is 5.04. The van der Waals surface area contributed by atoms with Gasteiger partial charge in [-0.2, -0.15) is 0 Å². The van der Waals surface area contributed by atoms with Crippen LogP contribution < -0.4 is 10.6 Å². The van der Waals surface area contributed by atoms with Gasteiger partial charge >= 0.3 is 0 Å². The summed E-state index contributed by atoms with van der Waals surface area (Å²) in [5.74, 6) is 1.01. The number of hydrogen-bond acceptors (Lipinski definition) is 4. The number of anilines is 1. The van der Waals surface area contributed by atoms with Gasteiger partial charge in [-0.1, -0.05) is 12.1 Å². The Morgan fingerprint density at radius 1 is 1.26 bits per heavy atom. The molecule has 2 rings (SSSR count). The quantitative estimate of drug-likeness (QED) is 0.907. The molecule has 2 aromatic rings. The lowest BCUT2D eigenvalue weighted by molar-refractivity contribution is 0.675. The molecule has 0 fully saturated rings. The van der Waals surface area contributed by atoms with E-state index in [-0.39, 0.29) is 6.04 Å². The SMILES string of the molecule is CC(N)c1ccc(N(Cc2cccs2)C(C)C)nc1. The van der Waals surface area contributed by atoms with Gasteiger partial charge in [-0.25, -0.2) is 4.98 Å². The molecular weight excluding hydrogens is 254 g/mol. The molecule has 2 N–H and O–H groups in total. The Morgan fingerprint density at radius 3 is 2.53 bits per heavy atom. The van der Waals surface area contributed by atoms with E-state index in [0.717, 1.165) is 17.9 Å². The van der Waals surface area contributed by atoms with Gasteiger partial charge in [0.05, 0.1) is 6.54 Å². The maximum absolute atomic E-state index is 5.86. The average molecular weight is 275 g/mol. The van der Waals surface area contributed by atoms with Crippen LogP contribution >= 0.6 is 11.3 Å². The van der Waals surface area contributed by atoms with E-state index in [1.807, 2.05) is 13.1 Å². The minimum absolute atomic E-state index is 0.0337. The van der Waals surface area contributed by atoms with Gasteiger partial charge in [0.15, 0.2) is 0 Å². The fourth-order valence-electron chi connectivity index (χ4n) is 1.94. The van der Waals surface area contributed by atoms with Crippen molar-refractivity contribution in [3.05, 3.63) is 46.3 Å². The second kappa shape index (κ2) is 6.17. The van der Waals surface area contributed by atoms with Gasteiger partial charge in [-0.3, -0.25) is 0 Å². The maximum atomic E-state index is 5.86. The molecule has 0 spiro atoms. The van der Waals surface area contributed by atoms with Crippen LogP contribution in [0.15, 0.2) is 35.8 Å². The van der Waals surface area contributed by atoms with Crippen molar-refractivity contribution >= 4 is 17.2 Å². The summed E-state index contributed by atoms with van der Waals surface area (Å²) < 4.78 is 0. The van der Waals surface area contributed by atoms with Crippen LogP contribution in [-0.2, 0) is 6.54 Å². The fourth-order valence-corrected chi connectivity index (χ4v) is 2.64. The first-order valence-corrected chi connectivity index (χ1v) is 7.46. The topological polar surface area (TPSA) is 42.1 Å². The standard InChI is InChI=1S/C15H21N3S/c1-11(2)18(10-14-5-4-8-19-14)15-7-6-13(9-17-15)12(3)16/h4-9,11-12H,10,16H2,1-3H3. The summed E-state index contributed by atoms with van der Waals surface area (Å²) >= 11 is 1.78. The van der Waals surface area contributed by atoms with Crippen LogP contribution in [0, 0.1) is 0 Å². The zero-order valence-electron chi connectivity index (χ0n) is 11.7. The normalized spacial score (nSPS) is 12.7. The van der Waals surface area contributed by atoms with Crippen molar-refractivity contribution < 1.29 is 0 Å². The second-order valence-corrected chi connectivity index (χ2v) is 6.07. The van der Waals surface area contributed by atoms with Gasteiger partial charge in [0.1, 0.15) is 5.82 Å². The molecule has 0 aliphatic heterocycles. The first-order chi connectivity index (χ1) is 9.08. The van der Waals surface area contributed by atoms with Gasteiger partial charge in [-0.15, -0.1) is 11.3 Å². The highest BCUT2D eigenvalue weighted by molar-refractivity contribution is 7.09. The third-order valence-electron chi connectivity index (χ3n) is 3.12. The molecule has 0 amide bonds. The van der Waals surface area contributed by atoms with Crippen LogP contribution in [-0.4, -0.2) is 11.0 Å². The van der Waals surface area contributed by atoms with Crippen molar-refractivity contribution in [3.63, 3.8) is 0 Å².